The third kappa shape index (κ3) is 3.92. The number of carbonyl (C=O) groups excluding carboxylic acids is 1. The van der Waals surface area contributed by atoms with Crippen LogP contribution < -0.4 is 0 Å². The maximum atomic E-state index is 12.2. The van der Waals surface area contributed by atoms with Gasteiger partial charge in [0, 0.05) is 54.1 Å². The van der Waals surface area contributed by atoms with Gasteiger partial charge in [-0.15, -0.1) is 0 Å². The molecule has 1 atom stereocenters. The smallest absolute Gasteiger partial charge is 0.224 e. The van der Waals surface area contributed by atoms with Crippen LogP contribution in [0.1, 0.15) is 57.3 Å². The summed E-state index contributed by atoms with van der Waals surface area (Å²) in [7, 11) is 0. The van der Waals surface area contributed by atoms with E-state index in [9.17, 15) is 4.79 Å². The first-order valence-corrected chi connectivity index (χ1v) is 10.5. The summed E-state index contributed by atoms with van der Waals surface area (Å²) >= 11 is 0. The Bertz CT molecular complexity index is 990. The number of H-pyrrole nitrogens is 1. The molecular formula is C22H29N5O2. The number of likely N-dealkylation sites (tertiary alicyclic amines) is 1. The average molecular weight is 396 g/mol. The largest absolute Gasteiger partial charge is 0.396 e. The topological polar surface area (TPSA) is 87.0 Å². The predicted octanol–water partition coefficient (Wildman–Crippen LogP) is 3.49. The number of hydrogen-bond acceptors (Lipinski definition) is 4. The molecule has 0 aliphatic carbocycles. The van der Waals surface area contributed by atoms with Gasteiger partial charge in [0.05, 0.1) is 6.61 Å². The van der Waals surface area contributed by atoms with Crippen LogP contribution in [0.15, 0.2) is 30.5 Å². The molecule has 3 heterocycles. The summed E-state index contributed by atoms with van der Waals surface area (Å²) in [5, 5.41) is 15.1. The van der Waals surface area contributed by atoms with E-state index in [4.69, 9.17) is 15.2 Å². The summed E-state index contributed by atoms with van der Waals surface area (Å²) in [6, 6.07) is 8.41. The zero-order valence-electron chi connectivity index (χ0n) is 17.1. The number of aromatic nitrogens is 4. The third-order valence-corrected chi connectivity index (χ3v) is 5.75. The highest BCUT2D eigenvalue weighted by molar-refractivity contribution is 5.93. The lowest BCUT2D eigenvalue weighted by Gasteiger charge is -2.20. The van der Waals surface area contributed by atoms with Gasteiger partial charge in [0.25, 0.3) is 0 Å². The number of fused-ring (bicyclic) bond motifs is 1. The van der Waals surface area contributed by atoms with Crippen LogP contribution in [-0.2, 0) is 4.79 Å². The van der Waals surface area contributed by atoms with Gasteiger partial charge in [0.15, 0.2) is 5.82 Å². The first kappa shape index (κ1) is 19.6. The summed E-state index contributed by atoms with van der Waals surface area (Å²) in [5.41, 5.74) is 2.10. The van der Waals surface area contributed by atoms with E-state index in [1.807, 2.05) is 27.9 Å². The molecule has 1 fully saturated rings. The molecule has 1 amide bonds. The number of nitrogens with zero attached hydrogens (tertiary/aromatic N) is 4. The molecule has 154 valence electrons. The van der Waals surface area contributed by atoms with Gasteiger partial charge in [0.2, 0.25) is 5.91 Å². The van der Waals surface area contributed by atoms with Gasteiger partial charge in [-0.2, -0.15) is 5.10 Å². The molecule has 0 radical (unpaired) electrons. The van der Waals surface area contributed by atoms with E-state index < -0.39 is 0 Å². The van der Waals surface area contributed by atoms with E-state index in [0.29, 0.717) is 6.54 Å². The molecule has 1 aromatic carbocycles. The Kier molecular flexibility index (Phi) is 5.67. The van der Waals surface area contributed by atoms with Crippen molar-refractivity contribution in [2.24, 2.45) is 0 Å². The Morgan fingerprint density at radius 3 is 2.90 bits per heavy atom. The molecule has 29 heavy (non-hydrogen) atoms. The van der Waals surface area contributed by atoms with Crippen molar-refractivity contribution in [2.45, 2.75) is 51.5 Å². The summed E-state index contributed by atoms with van der Waals surface area (Å²) in [5.74, 6) is 2.08. The molecule has 3 aromatic rings. The van der Waals surface area contributed by atoms with E-state index in [1.165, 1.54) is 0 Å². The molecule has 7 heteroatoms. The molecule has 1 aliphatic heterocycles. The van der Waals surface area contributed by atoms with Crippen molar-refractivity contribution in [1.29, 1.82) is 0 Å². The molecule has 0 spiro atoms. The van der Waals surface area contributed by atoms with Gasteiger partial charge < -0.3 is 15.0 Å². The molecular weight excluding hydrogens is 366 g/mol. The highest BCUT2D eigenvalue weighted by atomic mass is 16.3. The Hall–Kier alpha value is -2.67. The van der Waals surface area contributed by atoms with Gasteiger partial charge in [-0.05, 0) is 39.2 Å². The summed E-state index contributed by atoms with van der Waals surface area (Å²) in [6.45, 7) is 5.63. The van der Waals surface area contributed by atoms with Crippen molar-refractivity contribution >= 4 is 16.8 Å². The number of para-hydroxylation sites is 1. The van der Waals surface area contributed by atoms with Gasteiger partial charge in [0.1, 0.15) is 5.82 Å². The minimum atomic E-state index is -0.0889. The normalized spacial score (nSPS) is 17.8. The molecule has 1 saturated heterocycles. The number of amides is 1. The number of aliphatic hydroxyl groups excluding tert-OH is 1. The standard InChI is InChI=1S/C22H29N5O2/c1-15(2)27-22(16-6-5-11-26(12-9-16)20(29)10-13-28)24-21(25-27)18-14-23-19-8-4-3-7-17(18)19/h3-4,7-8,14-16,23,28H,5-6,9-13H2,1-2H3. The van der Waals surface area contributed by atoms with Crippen LogP contribution in [0, 0.1) is 0 Å². The number of benzene rings is 1. The number of rotatable bonds is 5. The first-order valence-electron chi connectivity index (χ1n) is 10.5. The number of hydrogen-bond donors (Lipinski definition) is 2. The summed E-state index contributed by atoms with van der Waals surface area (Å²) < 4.78 is 2.05. The van der Waals surface area contributed by atoms with Crippen molar-refractivity contribution in [3.05, 3.63) is 36.3 Å². The van der Waals surface area contributed by atoms with Crippen LogP contribution in [0.4, 0.5) is 0 Å². The van der Waals surface area contributed by atoms with Crippen LogP contribution in [0.2, 0.25) is 0 Å². The molecule has 0 bridgehead atoms. The molecule has 7 nitrogen and oxygen atoms in total. The van der Waals surface area contributed by atoms with Gasteiger partial charge in [-0.3, -0.25) is 4.79 Å². The predicted molar refractivity (Wildman–Crippen MR) is 113 cm³/mol. The molecule has 1 unspecified atom stereocenters. The Balaban J connectivity index is 1.63. The van der Waals surface area contributed by atoms with Gasteiger partial charge in [-0.25, -0.2) is 9.67 Å². The lowest BCUT2D eigenvalue weighted by Crippen LogP contribution is -2.32. The quantitative estimate of drug-likeness (QED) is 0.692. The third-order valence-electron chi connectivity index (χ3n) is 5.75. The second kappa shape index (κ2) is 8.37. The Morgan fingerprint density at radius 2 is 2.10 bits per heavy atom. The SMILES string of the molecule is CC(C)n1nc(-c2c[nH]c3ccccc23)nc1C1CCCN(C(=O)CCO)CC1. The summed E-state index contributed by atoms with van der Waals surface area (Å²) in [6.07, 6.45) is 4.99. The fourth-order valence-corrected chi connectivity index (χ4v) is 4.22. The number of aromatic amines is 1. The van der Waals surface area contributed by atoms with E-state index >= 15 is 0 Å². The van der Waals surface area contributed by atoms with Crippen molar-refractivity contribution in [1.82, 2.24) is 24.6 Å². The highest BCUT2D eigenvalue weighted by Crippen LogP contribution is 2.32. The van der Waals surface area contributed by atoms with E-state index in [-0.39, 0.29) is 30.9 Å². The van der Waals surface area contributed by atoms with Gasteiger partial charge >= 0.3 is 0 Å². The Labute approximate surface area is 170 Å². The zero-order chi connectivity index (χ0) is 20.4. The van der Waals surface area contributed by atoms with E-state index in [0.717, 1.165) is 53.9 Å². The lowest BCUT2D eigenvalue weighted by atomic mass is 9.99. The van der Waals surface area contributed by atoms with Crippen LogP contribution >= 0.6 is 0 Å². The van der Waals surface area contributed by atoms with Crippen LogP contribution in [0.25, 0.3) is 22.3 Å². The second-order valence-corrected chi connectivity index (χ2v) is 8.06. The van der Waals surface area contributed by atoms with Crippen LogP contribution in [-0.4, -0.2) is 55.4 Å². The van der Waals surface area contributed by atoms with Crippen LogP contribution in [0.3, 0.4) is 0 Å². The first-order chi connectivity index (χ1) is 14.1. The van der Waals surface area contributed by atoms with E-state index in [1.54, 1.807) is 0 Å². The van der Waals surface area contributed by atoms with Crippen molar-refractivity contribution in [3.63, 3.8) is 0 Å². The lowest BCUT2D eigenvalue weighted by molar-refractivity contribution is -0.131. The highest BCUT2D eigenvalue weighted by Gasteiger charge is 2.27. The van der Waals surface area contributed by atoms with Crippen LogP contribution in [0.5, 0.6) is 0 Å². The molecule has 0 saturated carbocycles. The number of aliphatic hydroxyl groups is 1. The van der Waals surface area contributed by atoms with Gasteiger partial charge in [-0.1, -0.05) is 18.2 Å². The molecule has 2 N–H and O–H groups in total. The second-order valence-electron chi connectivity index (χ2n) is 8.06. The summed E-state index contributed by atoms with van der Waals surface area (Å²) in [4.78, 5) is 22.4. The fourth-order valence-electron chi connectivity index (χ4n) is 4.22. The average Bonchev–Trinajstić information content (AvgIpc) is 3.25. The molecule has 4 rings (SSSR count). The zero-order valence-corrected chi connectivity index (χ0v) is 17.1. The van der Waals surface area contributed by atoms with E-state index in [2.05, 4.69) is 31.0 Å². The minimum Gasteiger partial charge on any atom is -0.396 e. The van der Waals surface area contributed by atoms with Crippen molar-refractivity contribution in [3.8, 4) is 11.4 Å². The maximum absolute atomic E-state index is 12.2. The van der Waals surface area contributed by atoms with Crippen molar-refractivity contribution < 1.29 is 9.90 Å². The van der Waals surface area contributed by atoms with Crippen molar-refractivity contribution in [2.75, 3.05) is 19.7 Å². The maximum Gasteiger partial charge on any atom is 0.224 e. The molecule has 2 aromatic heterocycles. The fraction of sp³-hybridized carbons (Fsp3) is 0.500. The molecule has 1 aliphatic rings. The monoisotopic (exact) mass is 395 g/mol. The number of carbonyl (C=O) groups is 1. The minimum absolute atomic E-state index is 0.0398. The Morgan fingerprint density at radius 1 is 1.28 bits per heavy atom. The number of nitrogens with one attached hydrogen (secondary N) is 1.